The van der Waals surface area contributed by atoms with Crippen molar-refractivity contribution >= 4 is 112 Å². The average Bonchev–Trinajstić information content (AvgIpc) is 1.10. The first-order valence-electron chi connectivity index (χ1n) is 26.1. The lowest BCUT2D eigenvalue weighted by Crippen LogP contribution is -2.60. The molecule has 0 radical (unpaired) electrons. The maximum atomic E-state index is 14.2. The molecule has 3 aromatic rings. The summed E-state index contributed by atoms with van der Waals surface area (Å²) in [6, 6.07) is 10.9. The van der Waals surface area contributed by atoms with E-state index in [1.165, 1.54) is 53.4 Å². The van der Waals surface area contributed by atoms with Crippen LogP contribution in [0.3, 0.4) is 0 Å². The highest BCUT2D eigenvalue weighted by atomic mass is 16.4. The molecule has 0 aliphatic rings. The second-order valence-electron chi connectivity index (χ2n) is 19.1. The summed E-state index contributed by atoms with van der Waals surface area (Å²) in [6.07, 6.45) is -13.3. The van der Waals surface area contributed by atoms with Crippen LogP contribution in [0.5, 0.6) is 0 Å². The van der Waals surface area contributed by atoms with E-state index in [0.29, 0.717) is 16.5 Å². The molecule has 7 unspecified atom stereocenters. The Morgan fingerprint density at radius 3 is 1.34 bits per heavy atom. The Morgan fingerprint density at radius 1 is 0.495 bits per heavy atom. The summed E-state index contributed by atoms with van der Waals surface area (Å²) >= 11 is 0. The van der Waals surface area contributed by atoms with Crippen LogP contribution < -0.4 is 105 Å². The third-order valence-corrected chi connectivity index (χ3v) is 11.7. The number of rotatable bonds is 36. The van der Waals surface area contributed by atoms with Gasteiger partial charge in [-0.15, -0.1) is 0 Å². The number of primary amides is 1. The standard InChI is InChI=1S/C48H70N26O17/c1-20-13-25(75)60-24-14-22(7-8-23(20)24)59-26(76)15-73(11-9-72(17-28(78)79)10-12-74(18-29(80)81)19-30(82)83)16-27(77)61-43(90)44(91)62-31(21-5-3-2-4-6-21)38(85)64-35(69-46(53)54)40(87)66-37(71-48(57)58)42(89)67-36(70-47(55)56)41(88)65-34(68-45(51)52)39(86)63-32(49)33(50)84/h2-8,13-14,31-32,34-37,43,90H,9-12,15-19,49H2,1H3,(H2,50,84)(H,59,76)(H,60,75)(H,61,77)(H,62,91)(H,63,86)(H,64,85)(H,65,88)(H,66,87)(H,67,89)(H,78,79)(H,80,81)(H,82,83)(H4,51,52,68)(H4,53,54,69)(H4,55,56,70)(H4,57,58,71). The zero-order chi connectivity index (χ0) is 68.4. The molecule has 43 heteroatoms. The number of carbonyl (C=O) groups is 12. The topological polar surface area (TPSA) is 734 Å². The van der Waals surface area contributed by atoms with E-state index in [9.17, 15) is 82.8 Å². The number of nitrogens with zero attached hydrogens (tertiary/aromatic N) is 7. The number of carboxylic acids is 3. The Kier molecular flexibility index (Phi) is 28.3. The summed E-state index contributed by atoms with van der Waals surface area (Å²) in [5.74, 6) is -19.4. The molecule has 0 spiro atoms. The average molecular weight is 1280 g/mol. The lowest BCUT2D eigenvalue weighted by Gasteiger charge is -2.28. The summed E-state index contributed by atoms with van der Waals surface area (Å²) < 4.78 is 0. The van der Waals surface area contributed by atoms with Crippen molar-refractivity contribution in [3.05, 3.63) is 76.1 Å². The van der Waals surface area contributed by atoms with Crippen LogP contribution >= 0.6 is 0 Å². The zero-order valence-electron chi connectivity index (χ0n) is 48.1. The molecule has 33 N–H and O–H groups in total. The molecule has 1 heterocycles. The third kappa shape index (κ3) is 26.4. The van der Waals surface area contributed by atoms with Crippen molar-refractivity contribution < 1.29 is 78.0 Å². The molecule has 0 aliphatic heterocycles. The van der Waals surface area contributed by atoms with Gasteiger partial charge in [0, 0.05) is 43.3 Å². The van der Waals surface area contributed by atoms with Gasteiger partial charge in [0.1, 0.15) is 6.04 Å². The number of guanidine groups is 4. The second-order valence-corrected chi connectivity index (χ2v) is 19.1. The van der Waals surface area contributed by atoms with E-state index in [1.807, 2.05) is 26.6 Å². The van der Waals surface area contributed by atoms with Crippen LogP contribution in [0, 0.1) is 6.92 Å². The highest BCUT2D eigenvalue weighted by molar-refractivity contribution is 6.00. The van der Waals surface area contributed by atoms with E-state index in [0.717, 1.165) is 9.80 Å². The number of hydrogen-bond acceptors (Lipinski definition) is 22. The largest absolute Gasteiger partial charge is 0.480 e. The number of aliphatic hydroxyl groups excluding tert-OH is 1. The van der Waals surface area contributed by atoms with Crippen LogP contribution in [0.15, 0.2) is 79.4 Å². The summed E-state index contributed by atoms with van der Waals surface area (Å²) in [5.41, 5.74) is 55.1. The van der Waals surface area contributed by atoms with Crippen LogP contribution in [0.4, 0.5) is 5.69 Å². The lowest BCUT2D eigenvalue weighted by molar-refractivity contribution is -0.143. The van der Waals surface area contributed by atoms with Crippen LogP contribution in [0.1, 0.15) is 17.2 Å². The van der Waals surface area contributed by atoms with Crippen molar-refractivity contribution in [2.24, 2.45) is 77.3 Å². The number of aromatic nitrogens is 1. The van der Waals surface area contributed by atoms with Gasteiger partial charge in [0.25, 0.3) is 35.4 Å². The van der Waals surface area contributed by atoms with Gasteiger partial charge >= 0.3 is 17.9 Å². The number of nitrogens with two attached hydrogens (primary N) is 10. The summed E-state index contributed by atoms with van der Waals surface area (Å²) in [6.45, 7) is -2.96. The molecule has 43 nitrogen and oxygen atoms in total. The first-order valence-corrected chi connectivity index (χ1v) is 26.1. The number of anilines is 1. The zero-order valence-corrected chi connectivity index (χ0v) is 48.1. The van der Waals surface area contributed by atoms with Crippen LogP contribution in [0.2, 0.25) is 0 Å². The van der Waals surface area contributed by atoms with E-state index in [4.69, 9.17) is 57.3 Å². The number of H-pyrrole nitrogens is 1. The molecule has 0 aliphatic carbocycles. The molecule has 1 aromatic heterocycles. The minimum atomic E-state index is -2.52. The predicted molar refractivity (Wildman–Crippen MR) is 318 cm³/mol. The number of carbonyl (C=O) groups excluding carboxylic acids is 9. The van der Waals surface area contributed by atoms with E-state index in [1.54, 1.807) is 13.0 Å². The fourth-order valence-corrected chi connectivity index (χ4v) is 7.77. The summed E-state index contributed by atoms with van der Waals surface area (Å²) in [4.78, 5) is 188. The number of amides is 9. The minimum Gasteiger partial charge on any atom is -0.480 e. The second kappa shape index (κ2) is 35.1. The number of aliphatic carboxylic acids is 3. The Bertz CT molecular complexity index is 3350. The quantitative estimate of drug-likeness (QED) is 0.0146. The molecule has 3 rings (SSSR count). The van der Waals surface area contributed by atoms with Crippen molar-refractivity contribution in [2.45, 2.75) is 50.0 Å². The highest BCUT2D eigenvalue weighted by Gasteiger charge is 2.35. The molecule has 0 saturated carbocycles. The van der Waals surface area contributed by atoms with E-state index >= 15 is 0 Å². The molecule has 2 aromatic carbocycles. The monoisotopic (exact) mass is 1280 g/mol. The number of aliphatic imine (C=N–C) groups is 4. The maximum absolute atomic E-state index is 14.2. The van der Waals surface area contributed by atoms with Crippen molar-refractivity contribution in [1.29, 1.82) is 0 Å². The summed E-state index contributed by atoms with van der Waals surface area (Å²) in [5, 5.41) is 56.8. The van der Waals surface area contributed by atoms with Gasteiger partial charge in [-0.05, 0) is 30.2 Å². The first-order chi connectivity index (χ1) is 42.6. The van der Waals surface area contributed by atoms with Gasteiger partial charge < -0.3 is 125 Å². The van der Waals surface area contributed by atoms with Crippen molar-refractivity contribution in [3.63, 3.8) is 0 Å². The number of aliphatic hydroxyl groups is 1. The smallest absolute Gasteiger partial charge is 0.317 e. The molecule has 0 fully saturated rings. The van der Waals surface area contributed by atoms with Gasteiger partial charge in [-0.1, -0.05) is 36.4 Å². The number of aryl methyl sites for hydroxylation is 1. The SMILES string of the molecule is Cc1cc(=O)[nH]c2cc(NC(=O)CN(CCN(CCN(CC(=O)O)CC(=O)O)CC(=O)O)CC(=O)NC(O)C(=O)NC(C(=O)NC(N=C(N)N)C(=O)NC(N=C(N)N)C(=O)NC(N=C(N)N)C(=O)NC(N=C(N)N)C(=O)NC(N)C(N)=O)c3ccccc3)ccc12. The lowest BCUT2D eigenvalue weighted by atomic mass is 10.1. The van der Waals surface area contributed by atoms with Gasteiger partial charge in [-0.25, -0.2) is 20.0 Å². The Labute approximate surface area is 512 Å². The molecule has 0 saturated heterocycles. The minimum absolute atomic E-state index is 0.0575. The predicted octanol–water partition coefficient (Wildman–Crippen LogP) is -13.0. The fourth-order valence-electron chi connectivity index (χ4n) is 7.77. The Morgan fingerprint density at radius 2 is 0.901 bits per heavy atom. The van der Waals surface area contributed by atoms with Crippen molar-refractivity contribution in [3.8, 4) is 0 Å². The molecule has 494 valence electrons. The normalized spacial score (nSPS) is 13.2. The first kappa shape index (κ1) is 73.4. The number of carboxylic acid groups (broad SMARTS) is 3. The molecular weight excluding hydrogens is 1210 g/mol. The summed E-state index contributed by atoms with van der Waals surface area (Å²) in [7, 11) is 0. The number of fused-ring (bicyclic) bond motifs is 1. The Hall–Kier alpha value is -11.8. The molecule has 7 atom stereocenters. The molecule has 0 bridgehead atoms. The third-order valence-electron chi connectivity index (χ3n) is 11.7. The highest BCUT2D eigenvalue weighted by Crippen LogP contribution is 2.19. The van der Waals surface area contributed by atoms with Crippen molar-refractivity contribution in [2.75, 3.05) is 64.2 Å². The number of aromatic amines is 1. The number of hydrogen-bond donors (Lipinski definition) is 23. The van der Waals surface area contributed by atoms with E-state index in [2.05, 4.69) is 40.9 Å². The van der Waals surface area contributed by atoms with Crippen LogP contribution in [0.25, 0.3) is 10.9 Å². The maximum Gasteiger partial charge on any atom is 0.317 e. The van der Waals surface area contributed by atoms with Crippen LogP contribution in [-0.4, -0.2) is 231 Å². The molecule has 91 heavy (non-hydrogen) atoms. The van der Waals surface area contributed by atoms with Gasteiger partial charge in [0.15, 0.2) is 30.0 Å². The van der Waals surface area contributed by atoms with Crippen LogP contribution in [-0.2, 0) is 57.5 Å². The van der Waals surface area contributed by atoms with E-state index < -0.39 is 176 Å². The van der Waals surface area contributed by atoms with Gasteiger partial charge in [0.05, 0.1) is 38.2 Å². The van der Waals surface area contributed by atoms with Gasteiger partial charge in [0.2, 0.25) is 54.2 Å². The van der Waals surface area contributed by atoms with Crippen molar-refractivity contribution in [1.82, 2.24) is 56.9 Å². The Balaban J connectivity index is 1.90. The van der Waals surface area contributed by atoms with Gasteiger partial charge in [-0.3, -0.25) is 77.0 Å². The van der Waals surface area contributed by atoms with E-state index in [-0.39, 0.29) is 37.4 Å². The number of benzene rings is 2. The molecule has 9 amide bonds. The number of pyridine rings is 1. The van der Waals surface area contributed by atoms with Gasteiger partial charge in [-0.2, -0.15) is 0 Å². The molecular formula is C48H70N26O17. The fraction of sp³-hybridized carbons (Fsp3) is 0.354. The number of nitrogens with one attached hydrogen (secondary N) is 9.